The number of carbonyl (C=O) groups excluding carboxylic acids is 2. The third-order valence-electron chi connectivity index (χ3n) is 4.68. The Hall–Kier alpha value is -1.14. The second kappa shape index (κ2) is 6.10. The number of nitrogens with one attached hydrogen (secondary N) is 1. The van der Waals surface area contributed by atoms with Gasteiger partial charge in [0, 0.05) is 0 Å². The van der Waals surface area contributed by atoms with E-state index in [1.54, 1.807) is 0 Å². The van der Waals surface area contributed by atoms with Crippen molar-refractivity contribution in [3.05, 3.63) is 0 Å². The molecule has 0 bridgehead atoms. The summed E-state index contributed by atoms with van der Waals surface area (Å²) in [6.07, 6.45) is 3.03. The Kier molecular flexibility index (Phi) is 4.65. The molecule has 0 aromatic rings. The molecule has 1 heterocycles. The van der Waals surface area contributed by atoms with E-state index in [-0.39, 0.29) is 50.1 Å². The standard InChI is InChI=1S/C14H24N2O4/c1-10-4-3-5-11(2)14(10)12(18)16(13(19)15-14)6-8-20-9-7-17/h10-11,17H,3-9H2,1-2H3,(H,15,19). The SMILES string of the molecule is CC1CCCC(C)C12NC(=O)N(CCOCCO)C2=O. The maximum absolute atomic E-state index is 12.7. The van der Waals surface area contributed by atoms with Gasteiger partial charge in [-0.2, -0.15) is 0 Å². The topological polar surface area (TPSA) is 78.9 Å². The summed E-state index contributed by atoms with van der Waals surface area (Å²) in [5.41, 5.74) is -0.730. The fraction of sp³-hybridized carbons (Fsp3) is 0.857. The smallest absolute Gasteiger partial charge is 0.325 e. The van der Waals surface area contributed by atoms with E-state index < -0.39 is 5.54 Å². The summed E-state index contributed by atoms with van der Waals surface area (Å²) in [5.74, 6) is 0.201. The number of amides is 3. The number of ether oxygens (including phenoxy) is 1. The summed E-state index contributed by atoms with van der Waals surface area (Å²) in [5, 5.41) is 11.6. The molecule has 2 aliphatic rings. The van der Waals surface area contributed by atoms with Crippen LogP contribution in [0.5, 0.6) is 0 Å². The van der Waals surface area contributed by atoms with Crippen LogP contribution < -0.4 is 5.32 Å². The number of nitrogens with zero attached hydrogens (tertiary/aromatic N) is 1. The molecule has 0 radical (unpaired) electrons. The second-order valence-electron chi connectivity index (χ2n) is 5.82. The van der Waals surface area contributed by atoms with Crippen molar-refractivity contribution >= 4 is 11.9 Å². The maximum atomic E-state index is 12.7. The highest BCUT2D eigenvalue weighted by Crippen LogP contribution is 2.41. The highest BCUT2D eigenvalue weighted by atomic mass is 16.5. The van der Waals surface area contributed by atoms with E-state index in [0.29, 0.717) is 0 Å². The van der Waals surface area contributed by atoms with E-state index in [1.807, 2.05) is 13.8 Å². The van der Waals surface area contributed by atoms with E-state index in [4.69, 9.17) is 9.84 Å². The highest BCUT2D eigenvalue weighted by molar-refractivity contribution is 6.07. The molecule has 6 nitrogen and oxygen atoms in total. The number of imide groups is 1. The van der Waals surface area contributed by atoms with Crippen LogP contribution in [0.25, 0.3) is 0 Å². The first-order valence-corrected chi connectivity index (χ1v) is 7.36. The van der Waals surface area contributed by atoms with Gasteiger partial charge in [-0.3, -0.25) is 9.69 Å². The molecule has 2 atom stereocenters. The zero-order chi connectivity index (χ0) is 14.8. The minimum atomic E-state index is -0.730. The number of aliphatic hydroxyl groups is 1. The summed E-state index contributed by atoms with van der Waals surface area (Å²) < 4.78 is 5.15. The monoisotopic (exact) mass is 284 g/mol. The quantitative estimate of drug-likeness (QED) is 0.576. The summed E-state index contributed by atoms with van der Waals surface area (Å²) >= 11 is 0. The largest absolute Gasteiger partial charge is 0.394 e. The minimum Gasteiger partial charge on any atom is -0.394 e. The van der Waals surface area contributed by atoms with Crippen molar-refractivity contribution in [2.24, 2.45) is 11.8 Å². The van der Waals surface area contributed by atoms with E-state index in [0.717, 1.165) is 19.3 Å². The van der Waals surface area contributed by atoms with Gasteiger partial charge >= 0.3 is 6.03 Å². The van der Waals surface area contributed by atoms with Gasteiger partial charge in [0.2, 0.25) is 0 Å². The number of rotatable bonds is 5. The molecule has 2 N–H and O–H groups in total. The first-order valence-electron chi connectivity index (χ1n) is 7.36. The summed E-state index contributed by atoms with van der Waals surface area (Å²) in [7, 11) is 0. The van der Waals surface area contributed by atoms with Crippen LogP contribution in [0, 0.1) is 11.8 Å². The van der Waals surface area contributed by atoms with Gasteiger partial charge in [0.1, 0.15) is 5.54 Å². The average molecular weight is 284 g/mol. The molecule has 114 valence electrons. The molecule has 2 unspecified atom stereocenters. The Morgan fingerprint density at radius 2 is 1.95 bits per heavy atom. The molecule has 1 saturated heterocycles. The van der Waals surface area contributed by atoms with Crippen LogP contribution in [-0.2, 0) is 9.53 Å². The number of aliphatic hydroxyl groups excluding tert-OH is 1. The lowest BCUT2D eigenvalue weighted by atomic mass is 9.67. The predicted molar refractivity (Wildman–Crippen MR) is 73.1 cm³/mol. The Balaban J connectivity index is 2.07. The third-order valence-corrected chi connectivity index (χ3v) is 4.68. The molecule has 1 saturated carbocycles. The molecule has 2 fully saturated rings. The minimum absolute atomic E-state index is 0.0574. The second-order valence-corrected chi connectivity index (χ2v) is 5.82. The average Bonchev–Trinajstić information content (AvgIpc) is 2.66. The molecule has 1 spiro atoms. The van der Waals surface area contributed by atoms with Crippen LogP contribution in [0.4, 0.5) is 4.79 Å². The van der Waals surface area contributed by atoms with Crippen molar-refractivity contribution in [2.75, 3.05) is 26.4 Å². The molecule has 1 aliphatic heterocycles. The van der Waals surface area contributed by atoms with Crippen LogP contribution in [0.1, 0.15) is 33.1 Å². The summed E-state index contributed by atoms with van der Waals surface area (Å²) in [4.78, 5) is 26.1. The Labute approximate surface area is 119 Å². The molecule has 1 aliphatic carbocycles. The number of hydrogen-bond donors (Lipinski definition) is 2. The van der Waals surface area contributed by atoms with Gasteiger partial charge in [-0.1, -0.05) is 20.3 Å². The molecular formula is C14H24N2O4. The van der Waals surface area contributed by atoms with Crippen molar-refractivity contribution in [3.63, 3.8) is 0 Å². The van der Waals surface area contributed by atoms with E-state index in [2.05, 4.69) is 5.32 Å². The van der Waals surface area contributed by atoms with Crippen LogP contribution in [-0.4, -0.2) is 53.8 Å². The lowest BCUT2D eigenvalue weighted by Gasteiger charge is -2.42. The lowest BCUT2D eigenvalue weighted by molar-refractivity contribution is -0.137. The lowest BCUT2D eigenvalue weighted by Crippen LogP contribution is -2.58. The van der Waals surface area contributed by atoms with Crippen molar-refractivity contribution < 1.29 is 19.4 Å². The van der Waals surface area contributed by atoms with Gasteiger partial charge in [-0.05, 0) is 24.7 Å². The fourth-order valence-corrected chi connectivity index (χ4v) is 3.48. The van der Waals surface area contributed by atoms with E-state index in [1.165, 1.54) is 4.90 Å². The summed E-state index contributed by atoms with van der Waals surface area (Å²) in [6.45, 7) is 4.75. The van der Waals surface area contributed by atoms with Crippen LogP contribution >= 0.6 is 0 Å². The zero-order valence-electron chi connectivity index (χ0n) is 12.2. The molecule has 2 rings (SSSR count). The van der Waals surface area contributed by atoms with Gasteiger partial charge in [-0.25, -0.2) is 4.79 Å². The number of carbonyl (C=O) groups is 2. The molecule has 20 heavy (non-hydrogen) atoms. The van der Waals surface area contributed by atoms with Gasteiger partial charge in [0.25, 0.3) is 5.91 Å². The highest BCUT2D eigenvalue weighted by Gasteiger charge is 2.58. The predicted octanol–water partition coefficient (Wildman–Crippen LogP) is 0.742. The molecule has 6 heteroatoms. The normalized spacial score (nSPS) is 33.9. The van der Waals surface area contributed by atoms with Gasteiger partial charge < -0.3 is 15.2 Å². The third kappa shape index (κ3) is 2.42. The maximum Gasteiger partial charge on any atom is 0.325 e. The number of hydrogen-bond acceptors (Lipinski definition) is 4. The Morgan fingerprint density at radius 3 is 2.55 bits per heavy atom. The van der Waals surface area contributed by atoms with E-state index in [9.17, 15) is 9.59 Å². The summed E-state index contributed by atoms with van der Waals surface area (Å²) in [6, 6.07) is -0.316. The fourth-order valence-electron chi connectivity index (χ4n) is 3.48. The van der Waals surface area contributed by atoms with Crippen molar-refractivity contribution in [1.29, 1.82) is 0 Å². The van der Waals surface area contributed by atoms with Crippen molar-refractivity contribution in [1.82, 2.24) is 10.2 Å². The molecular weight excluding hydrogens is 260 g/mol. The van der Waals surface area contributed by atoms with Gasteiger partial charge in [-0.15, -0.1) is 0 Å². The number of urea groups is 1. The van der Waals surface area contributed by atoms with Crippen LogP contribution in [0.3, 0.4) is 0 Å². The van der Waals surface area contributed by atoms with Crippen LogP contribution in [0.2, 0.25) is 0 Å². The first-order chi connectivity index (χ1) is 9.54. The van der Waals surface area contributed by atoms with Crippen molar-refractivity contribution in [3.8, 4) is 0 Å². The molecule has 3 amide bonds. The Bertz CT molecular complexity index is 375. The first kappa shape index (κ1) is 15.3. The Morgan fingerprint density at radius 1 is 1.30 bits per heavy atom. The zero-order valence-corrected chi connectivity index (χ0v) is 12.2. The molecule has 0 aromatic carbocycles. The molecule has 0 aromatic heterocycles. The van der Waals surface area contributed by atoms with Crippen LogP contribution in [0.15, 0.2) is 0 Å². The van der Waals surface area contributed by atoms with Gasteiger partial charge in [0.15, 0.2) is 0 Å². The van der Waals surface area contributed by atoms with Crippen molar-refractivity contribution in [2.45, 2.75) is 38.6 Å². The van der Waals surface area contributed by atoms with E-state index >= 15 is 0 Å². The van der Waals surface area contributed by atoms with Gasteiger partial charge in [0.05, 0.1) is 26.4 Å².